The number of carbonyl (C=O) groups is 1. The fourth-order valence-electron chi connectivity index (χ4n) is 3.81. The Bertz CT molecular complexity index is 803. The molecule has 1 amide bonds. The first-order valence-corrected chi connectivity index (χ1v) is 10.2. The van der Waals surface area contributed by atoms with Gasteiger partial charge in [0.05, 0.1) is 37.1 Å². The van der Waals surface area contributed by atoms with Crippen LogP contribution in [0.25, 0.3) is 0 Å². The largest absolute Gasteiger partial charge is 0.360 e. The molecule has 0 bridgehead atoms. The minimum Gasteiger partial charge on any atom is -0.360 e. The third-order valence-electron chi connectivity index (χ3n) is 5.42. The quantitative estimate of drug-likeness (QED) is 0.527. The maximum Gasteiger partial charge on any atom is 0.275 e. The number of nitrogens with one attached hydrogen (secondary N) is 2. The lowest BCUT2D eigenvalue weighted by Crippen LogP contribution is -3.16. The molecule has 1 heterocycles. The first-order chi connectivity index (χ1) is 14.1. The van der Waals surface area contributed by atoms with Gasteiger partial charge in [-0.3, -0.25) is 14.9 Å². The summed E-state index contributed by atoms with van der Waals surface area (Å²) >= 11 is 0. The third kappa shape index (κ3) is 5.77. The number of non-ortho nitro benzene ring substituents is 1. The molecule has 1 aliphatic heterocycles. The van der Waals surface area contributed by atoms with Gasteiger partial charge in [-0.15, -0.1) is 0 Å². The predicted octanol–water partition coefficient (Wildman–Crippen LogP) is 1.96. The molecule has 0 aliphatic carbocycles. The van der Waals surface area contributed by atoms with Crippen LogP contribution in [0.3, 0.4) is 0 Å². The maximum absolute atomic E-state index is 12.6. The van der Waals surface area contributed by atoms with Gasteiger partial charge in [-0.2, -0.15) is 0 Å². The van der Waals surface area contributed by atoms with Gasteiger partial charge in [-0.1, -0.05) is 43.7 Å². The highest BCUT2D eigenvalue weighted by molar-refractivity contribution is 5.77. The molecular weight excluding hydrogens is 368 g/mol. The van der Waals surface area contributed by atoms with E-state index >= 15 is 0 Å². The lowest BCUT2D eigenvalue weighted by atomic mass is 10.0. The highest BCUT2D eigenvalue weighted by atomic mass is 16.6. The normalized spacial score (nSPS) is 15.7. The number of carbonyl (C=O) groups excluding carboxylic acids is 1. The van der Waals surface area contributed by atoms with Crippen LogP contribution in [0, 0.1) is 10.1 Å². The molecule has 1 saturated heterocycles. The van der Waals surface area contributed by atoms with Crippen LogP contribution < -0.4 is 15.1 Å². The van der Waals surface area contributed by atoms with E-state index < -0.39 is 0 Å². The second-order valence-electron chi connectivity index (χ2n) is 7.51. The van der Waals surface area contributed by atoms with Crippen molar-refractivity contribution < 1.29 is 14.6 Å². The van der Waals surface area contributed by atoms with Crippen molar-refractivity contribution in [1.29, 1.82) is 0 Å². The molecule has 7 nitrogen and oxygen atoms in total. The smallest absolute Gasteiger partial charge is 0.275 e. The number of nitro benzene ring substituents is 1. The van der Waals surface area contributed by atoms with Crippen molar-refractivity contribution in [3.8, 4) is 0 Å². The summed E-state index contributed by atoms with van der Waals surface area (Å²) in [4.78, 5) is 26.5. The van der Waals surface area contributed by atoms with Crippen molar-refractivity contribution in [2.24, 2.45) is 0 Å². The van der Waals surface area contributed by atoms with Crippen molar-refractivity contribution in [2.75, 3.05) is 37.6 Å². The van der Waals surface area contributed by atoms with Crippen LogP contribution in [0.4, 0.5) is 11.4 Å². The molecule has 1 atom stereocenters. The van der Waals surface area contributed by atoms with E-state index in [0.29, 0.717) is 6.54 Å². The van der Waals surface area contributed by atoms with Crippen molar-refractivity contribution in [2.45, 2.75) is 25.8 Å². The van der Waals surface area contributed by atoms with Gasteiger partial charge in [0, 0.05) is 17.8 Å². The number of nitrogens with zero attached hydrogens (tertiary/aromatic N) is 2. The number of anilines is 1. The summed E-state index contributed by atoms with van der Waals surface area (Å²) < 4.78 is 0. The Morgan fingerprint density at radius 2 is 1.79 bits per heavy atom. The number of hydrogen-bond acceptors (Lipinski definition) is 4. The third-order valence-corrected chi connectivity index (χ3v) is 5.42. The number of benzene rings is 2. The molecule has 3 rings (SSSR count). The van der Waals surface area contributed by atoms with E-state index in [2.05, 4.69) is 29.3 Å². The number of quaternary nitrogens is 1. The highest BCUT2D eigenvalue weighted by Crippen LogP contribution is 2.19. The van der Waals surface area contributed by atoms with Crippen LogP contribution in [-0.4, -0.2) is 43.6 Å². The fraction of sp³-hybridized carbons (Fsp3) is 0.409. The molecule has 0 aromatic heterocycles. The van der Waals surface area contributed by atoms with E-state index in [4.69, 9.17) is 0 Å². The Morgan fingerprint density at radius 1 is 1.14 bits per heavy atom. The molecule has 29 heavy (non-hydrogen) atoms. The van der Waals surface area contributed by atoms with Crippen LogP contribution in [-0.2, 0) is 4.79 Å². The molecule has 0 saturated carbocycles. The van der Waals surface area contributed by atoms with Gasteiger partial charge in [-0.05, 0) is 24.1 Å². The average molecular weight is 397 g/mol. The fourth-order valence-corrected chi connectivity index (χ4v) is 3.81. The van der Waals surface area contributed by atoms with E-state index in [-0.39, 0.29) is 22.6 Å². The summed E-state index contributed by atoms with van der Waals surface area (Å²) in [5.41, 5.74) is 2.25. The second kappa shape index (κ2) is 10.0. The zero-order chi connectivity index (χ0) is 20.6. The second-order valence-corrected chi connectivity index (χ2v) is 7.51. The van der Waals surface area contributed by atoms with Crippen LogP contribution in [0.1, 0.15) is 31.4 Å². The molecule has 1 aliphatic rings. The topological polar surface area (TPSA) is 79.9 Å². The minimum atomic E-state index is -0.383. The molecule has 0 unspecified atom stereocenters. The number of amides is 1. The van der Waals surface area contributed by atoms with Crippen molar-refractivity contribution in [3.05, 3.63) is 70.3 Å². The number of hydrogen-bond donors (Lipinski definition) is 2. The first-order valence-electron chi connectivity index (χ1n) is 10.2. The number of piperazine rings is 1. The monoisotopic (exact) mass is 397 g/mol. The molecule has 2 aromatic carbocycles. The lowest BCUT2D eigenvalue weighted by molar-refractivity contribution is -0.892. The van der Waals surface area contributed by atoms with Gasteiger partial charge in [0.15, 0.2) is 6.54 Å². The Morgan fingerprint density at radius 3 is 2.38 bits per heavy atom. The van der Waals surface area contributed by atoms with Crippen LogP contribution >= 0.6 is 0 Å². The zero-order valence-electron chi connectivity index (χ0n) is 16.8. The SMILES string of the molecule is CCC[C@@H](NC(=O)C[NH+]1CCN(c2ccc([N+](=O)[O-])cc2)CC1)c1ccccc1. The van der Waals surface area contributed by atoms with E-state index in [9.17, 15) is 14.9 Å². The van der Waals surface area contributed by atoms with Gasteiger partial charge in [0.2, 0.25) is 0 Å². The highest BCUT2D eigenvalue weighted by Gasteiger charge is 2.24. The van der Waals surface area contributed by atoms with Crippen molar-refractivity contribution in [3.63, 3.8) is 0 Å². The first kappa shape index (κ1) is 20.8. The molecule has 7 heteroatoms. The maximum atomic E-state index is 12.6. The van der Waals surface area contributed by atoms with Crippen LogP contribution in [0.15, 0.2) is 54.6 Å². The Kier molecular flexibility index (Phi) is 7.19. The summed E-state index contributed by atoms with van der Waals surface area (Å²) in [5.74, 6) is 0.0890. The van der Waals surface area contributed by atoms with Crippen LogP contribution in [0.5, 0.6) is 0 Å². The Hall–Kier alpha value is -2.93. The Balaban J connectivity index is 1.49. The number of rotatable bonds is 8. The summed E-state index contributed by atoms with van der Waals surface area (Å²) in [6.45, 7) is 6.00. The van der Waals surface area contributed by atoms with Crippen LogP contribution in [0.2, 0.25) is 0 Å². The zero-order valence-corrected chi connectivity index (χ0v) is 16.8. The van der Waals surface area contributed by atoms with Gasteiger partial charge in [0.25, 0.3) is 11.6 Å². The predicted molar refractivity (Wildman–Crippen MR) is 113 cm³/mol. The lowest BCUT2D eigenvalue weighted by Gasteiger charge is -2.33. The van der Waals surface area contributed by atoms with Crippen molar-refractivity contribution >= 4 is 17.3 Å². The molecule has 2 N–H and O–H groups in total. The van der Waals surface area contributed by atoms with E-state index in [1.165, 1.54) is 4.90 Å². The van der Waals surface area contributed by atoms with Gasteiger partial charge in [0.1, 0.15) is 0 Å². The summed E-state index contributed by atoms with van der Waals surface area (Å²) in [6.07, 6.45) is 1.94. The number of nitro groups is 1. The molecule has 1 fully saturated rings. The molecule has 0 radical (unpaired) electrons. The molecular formula is C22H29N4O3+. The van der Waals surface area contributed by atoms with E-state index in [1.54, 1.807) is 24.3 Å². The average Bonchev–Trinajstić information content (AvgIpc) is 2.75. The standard InChI is InChI=1S/C22H28N4O3/c1-2-6-21(18-7-4-3-5-8-18)23-22(27)17-24-13-15-25(16-14-24)19-9-11-20(12-10-19)26(28)29/h3-5,7-12,21H,2,6,13-17H2,1H3,(H,23,27)/p+1/t21-/m1/s1. The van der Waals surface area contributed by atoms with Gasteiger partial charge in [-0.25, -0.2) is 0 Å². The summed E-state index contributed by atoms with van der Waals surface area (Å²) in [6, 6.07) is 16.9. The van der Waals surface area contributed by atoms with Gasteiger partial charge < -0.3 is 15.1 Å². The van der Waals surface area contributed by atoms with E-state index in [1.807, 2.05) is 18.2 Å². The summed E-state index contributed by atoms with van der Waals surface area (Å²) in [7, 11) is 0. The van der Waals surface area contributed by atoms with Gasteiger partial charge >= 0.3 is 0 Å². The molecule has 0 spiro atoms. The summed E-state index contributed by atoms with van der Waals surface area (Å²) in [5, 5.41) is 14.0. The Labute approximate surface area is 171 Å². The molecule has 2 aromatic rings. The molecule has 154 valence electrons. The van der Waals surface area contributed by atoms with E-state index in [0.717, 1.165) is 50.3 Å². The van der Waals surface area contributed by atoms with Crippen molar-refractivity contribution in [1.82, 2.24) is 5.32 Å². The minimum absolute atomic E-state index is 0.0644.